The molecule has 4 aromatic heterocycles. The van der Waals surface area contributed by atoms with Gasteiger partial charge in [0.2, 0.25) is 0 Å². The van der Waals surface area contributed by atoms with Crippen LogP contribution in [0.25, 0.3) is 145 Å². The van der Waals surface area contributed by atoms with Crippen molar-refractivity contribution in [1.29, 1.82) is 0 Å². The van der Waals surface area contributed by atoms with Crippen molar-refractivity contribution in [2.75, 3.05) is 0 Å². The maximum atomic E-state index is 6.88. The van der Waals surface area contributed by atoms with E-state index in [2.05, 4.69) is 212 Å². The minimum absolute atomic E-state index is 0.622. The Balaban J connectivity index is 0.862. The summed E-state index contributed by atoms with van der Waals surface area (Å²) in [7, 11) is 0. The number of hydrogen-bond acceptors (Lipinski definition) is 6. The second-order valence-electron chi connectivity index (χ2n) is 18.5. The number of furan rings is 2. The Morgan fingerprint density at radius 3 is 1.32 bits per heavy atom. The first-order valence-corrected chi connectivity index (χ1v) is 24.8. The quantitative estimate of drug-likeness (QED) is 0.143. The SMILES string of the molecule is c1ccc(-c2ccc(-c3nc(-c4ccccc4-c4ccccc4)nc4c3oc3cc(-c5cccc(-c6cccc(-c7nc(-c8ccccc8-c8ccccc8)c8oc9ccccc9c8n7)c6)c5)ccc34)cc2)cc1. The first kappa shape index (κ1) is 42.8. The minimum Gasteiger partial charge on any atom is -0.452 e. The standard InChI is InChI=1S/C68H42N4O2/c1-4-18-43(19-5-1)44-34-36-47(37-35-44)61-65-64(72-68(69-61)56-31-13-11-29-54(56)46-22-8-3-9-23-46)58-39-38-51(42-60(58)74-65)49-25-16-24-48(40-49)50-26-17-27-52(41-50)67-70-62(66-63(71-67)57-32-14-15-33-59(57)73-66)55-30-12-10-28-53(55)45-20-6-2-7-21-45/h1-42H. The lowest BCUT2D eigenvalue weighted by Gasteiger charge is -2.12. The molecular weight excluding hydrogens is 905 g/mol. The van der Waals surface area contributed by atoms with Crippen molar-refractivity contribution < 1.29 is 8.83 Å². The summed E-state index contributed by atoms with van der Waals surface area (Å²) in [6.45, 7) is 0. The molecule has 0 fully saturated rings. The van der Waals surface area contributed by atoms with Gasteiger partial charge in [0.25, 0.3) is 0 Å². The molecule has 74 heavy (non-hydrogen) atoms. The molecule has 0 atom stereocenters. The van der Waals surface area contributed by atoms with Gasteiger partial charge in [0, 0.05) is 33.0 Å². The zero-order valence-corrected chi connectivity index (χ0v) is 39.9. The summed E-state index contributed by atoms with van der Waals surface area (Å²) in [5.41, 5.74) is 20.4. The zero-order valence-electron chi connectivity index (χ0n) is 39.9. The van der Waals surface area contributed by atoms with Crippen LogP contribution in [0.1, 0.15) is 0 Å². The molecule has 0 aliphatic rings. The Morgan fingerprint density at radius 1 is 0.230 bits per heavy atom. The maximum absolute atomic E-state index is 6.88. The molecule has 6 nitrogen and oxygen atoms in total. The molecule has 346 valence electrons. The molecule has 0 bridgehead atoms. The van der Waals surface area contributed by atoms with E-state index >= 15 is 0 Å². The van der Waals surface area contributed by atoms with Crippen LogP contribution in [0.15, 0.2) is 264 Å². The lowest BCUT2D eigenvalue weighted by atomic mass is 9.96. The first-order chi connectivity index (χ1) is 36.7. The summed E-state index contributed by atoms with van der Waals surface area (Å²) in [5.74, 6) is 1.26. The van der Waals surface area contributed by atoms with Crippen LogP contribution < -0.4 is 0 Å². The molecule has 4 heterocycles. The van der Waals surface area contributed by atoms with Crippen molar-refractivity contribution in [2.24, 2.45) is 0 Å². The second kappa shape index (κ2) is 18.0. The van der Waals surface area contributed by atoms with Crippen LogP contribution in [0, 0.1) is 0 Å². The third kappa shape index (κ3) is 7.61. The molecule has 0 N–H and O–H groups in total. The number of para-hydroxylation sites is 1. The van der Waals surface area contributed by atoms with E-state index in [1.165, 1.54) is 0 Å². The Morgan fingerprint density at radius 2 is 0.649 bits per heavy atom. The average molecular weight is 947 g/mol. The van der Waals surface area contributed by atoms with Crippen LogP contribution in [-0.4, -0.2) is 19.9 Å². The highest BCUT2D eigenvalue weighted by Crippen LogP contribution is 2.42. The van der Waals surface area contributed by atoms with Crippen LogP contribution >= 0.6 is 0 Å². The predicted molar refractivity (Wildman–Crippen MR) is 301 cm³/mol. The van der Waals surface area contributed by atoms with Gasteiger partial charge in [-0.05, 0) is 92.0 Å². The van der Waals surface area contributed by atoms with E-state index in [-0.39, 0.29) is 0 Å². The van der Waals surface area contributed by atoms with E-state index in [0.29, 0.717) is 22.8 Å². The summed E-state index contributed by atoms with van der Waals surface area (Å²) in [6.07, 6.45) is 0. The van der Waals surface area contributed by atoms with Gasteiger partial charge in [-0.1, -0.05) is 218 Å². The molecule has 0 aliphatic heterocycles. The summed E-state index contributed by atoms with van der Waals surface area (Å²) in [6, 6.07) is 88.1. The van der Waals surface area contributed by atoms with Crippen LogP contribution in [0.4, 0.5) is 0 Å². The summed E-state index contributed by atoms with van der Waals surface area (Å²) >= 11 is 0. The van der Waals surface area contributed by atoms with Gasteiger partial charge in [0.05, 0.1) is 0 Å². The fourth-order valence-electron chi connectivity index (χ4n) is 10.3. The second-order valence-corrected chi connectivity index (χ2v) is 18.5. The molecule has 0 unspecified atom stereocenters. The van der Waals surface area contributed by atoms with Gasteiger partial charge < -0.3 is 8.83 Å². The van der Waals surface area contributed by atoms with Crippen LogP contribution in [0.5, 0.6) is 0 Å². The highest BCUT2D eigenvalue weighted by molar-refractivity contribution is 6.09. The Kier molecular flexibility index (Phi) is 10.4. The molecule has 0 saturated carbocycles. The first-order valence-electron chi connectivity index (χ1n) is 24.8. The van der Waals surface area contributed by atoms with Crippen LogP contribution in [-0.2, 0) is 0 Å². The van der Waals surface area contributed by atoms with Gasteiger partial charge in [0.1, 0.15) is 33.6 Å². The topological polar surface area (TPSA) is 77.8 Å². The van der Waals surface area contributed by atoms with Gasteiger partial charge >= 0.3 is 0 Å². The molecule has 10 aromatic carbocycles. The Bertz CT molecular complexity index is 4410. The number of nitrogens with zero attached hydrogens (tertiary/aromatic N) is 4. The van der Waals surface area contributed by atoms with Crippen LogP contribution in [0.2, 0.25) is 0 Å². The third-order valence-corrected chi connectivity index (χ3v) is 14.0. The number of rotatable bonds is 9. The number of aromatic nitrogens is 4. The van der Waals surface area contributed by atoms with Gasteiger partial charge in [-0.2, -0.15) is 0 Å². The molecule has 0 aliphatic carbocycles. The Labute approximate surface area is 426 Å². The number of hydrogen-bond donors (Lipinski definition) is 0. The minimum atomic E-state index is 0.622. The van der Waals surface area contributed by atoms with Gasteiger partial charge in [-0.3, -0.25) is 0 Å². The van der Waals surface area contributed by atoms with Crippen molar-refractivity contribution in [3.05, 3.63) is 255 Å². The largest absolute Gasteiger partial charge is 0.452 e. The van der Waals surface area contributed by atoms with Gasteiger partial charge in [-0.25, -0.2) is 19.9 Å². The lowest BCUT2D eigenvalue weighted by Crippen LogP contribution is -1.96. The molecule has 0 saturated heterocycles. The fourth-order valence-corrected chi connectivity index (χ4v) is 10.3. The maximum Gasteiger partial charge on any atom is 0.180 e. The van der Waals surface area contributed by atoms with Crippen molar-refractivity contribution in [3.63, 3.8) is 0 Å². The number of benzene rings is 10. The lowest BCUT2D eigenvalue weighted by molar-refractivity contribution is 0.667. The molecular formula is C68H42N4O2. The summed E-state index contributed by atoms with van der Waals surface area (Å²) < 4.78 is 13.4. The van der Waals surface area contributed by atoms with Crippen molar-refractivity contribution in [3.8, 4) is 101 Å². The monoisotopic (exact) mass is 946 g/mol. The van der Waals surface area contributed by atoms with Crippen molar-refractivity contribution >= 4 is 44.1 Å². The van der Waals surface area contributed by atoms with E-state index in [1.54, 1.807) is 0 Å². The van der Waals surface area contributed by atoms with E-state index in [1.807, 2.05) is 42.5 Å². The predicted octanol–water partition coefficient (Wildman–Crippen LogP) is 18.1. The highest BCUT2D eigenvalue weighted by Gasteiger charge is 2.23. The van der Waals surface area contributed by atoms with Gasteiger partial charge in [-0.15, -0.1) is 0 Å². The third-order valence-electron chi connectivity index (χ3n) is 14.0. The smallest absolute Gasteiger partial charge is 0.180 e. The number of fused-ring (bicyclic) bond motifs is 6. The summed E-state index contributed by atoms with van der Waals surface area (Å²) in [4.78, 5) is 21.2. The van der Waals surface area contributed by atoms with E-state index in [9.17, 15) is 0 Å². The molecule has 14 rings (SSSR count). The zero-order chi connectivity index (χ0) is 49.0. The molecule has 14 aromatic rings. The molecule has 6 heteroatoms. The highest BCUT2D eigenvalue weighted by atomic mass is 16.3. The van der Waals surface area contributed by atoms with E-state index in [4.69, 9.17) is 28.8 Å². The molecule has 0 amide bonds. The van der Waals surface area contributed by atoms with Crippen molar-refractivity contribution in [1.82, 2.24) is 19.9 Å². The van der Waals surface area contributed by atoms with Gasteiger partial charge in [0.15, 0.2) is 22.8 Å². The van der Waals surface area contributed by atoms with Crippen LogP contribution in [0.3, 0.4) is 0 Å². The molecule has 0 spiro atoms. The van der Waals surface area contributed by atoms with Crippen molar-refractivity contribution in [2.45, 2.75) is 0 Å². The fraction of sp³-hybridized carbons (Fsp3) is 0. The average Bonchev–Trinajstić information content (AvgIpc) is 4.07. The van der Waals surface area contributed by atoms with E-state index in [0.717, 1.165) is 122 Å². The van der Waals surface area contributed by atoms with E-state index < -0.39 is 0 Å². The summed E-state index contributed by atoms with van der Waals surface area (Å²) in [5, 5.41) is 1.87. The normalized spacial score (nSPS) is 11.5. The molecule has 0 radical (unpaired) electrons. The Hall–Kier alpha value is -10.0.